The molecule has 138 valence electrons. The fraction of sp³-hybridized carbons (Fsp3) is 0.0952. The van der Waals surface area contributed by atoms with Gasteiger partial charge in [0.2, 0.25) is 0 Å². The molecule has 0 aromatic heterocycles. The predicted octanol–water partition coefficient (Wildman–Crippen LogP) is 5.88. The minimum Gasteiger partial charge on any atom is -0.489 e. The summed E-state index contributed by atoms with van der Waals surface area (Å²) in [5, 5.41) is 13.1. The lowest BCUT2D eigenvalue weighted by molar-refractivity contribution is 0.0697. The van der Waals surface area contributed by atoms with E-state index in [0.717, 1.165) is 22.6 Å². The van der Waals surface area contributed by atoms with E-state index in [1.807, 2.05) is 48.5 Å². The van der Waals surface area contributed by atoms with Crippen LogP contribution in [-0.2, 0) is 13.2 Å². The monoisotopic (exact) mass is 401 g/mol. The number of carbonyl (C=O) groups is 1. The zero-order valence-electron chi connectivity index (χ0n) is 14.3. The van der Waals surface area contributed by atoms with Crippen molar-refractivity contribution in [3.63, 3.8) is 0 Å². The first-order chi connectivity index (χ1) is 13.0. The molecule has 3 rings (SSSR count). The number of hydrogen-bond donors (Lipinski definition) is 2. The van der Waals surface area contributed by atoms with Gasteiger partial charge in [0.05, 0.1) is 10.6 Å². The van der Waals surface area contributed by atoms with Crippen LogP contribution in [0.5, 0.6) is 5.75 Å². The second-order valence-electron chi connectivity index (χ2n) is 5.92. The van der Waals surface area contributed by atoms with Crippen molar-refractivity contribution < 1.29 is 14.6 Å². The van der Waals surface area contributed by atoms with E-state index >= 15 is 0 Å². The van der Waals surface area contributed by atoms with E-state index in [4.69, 9.17) is 33.0 Å². The Morgan fingerprint density at radius 2 is 1.74 bits per heavy atom. The maximum atomic E-state index is 11.0. The zero-order valence-corrected chi connectivity index (χ0v) is 15.8. The summed E-state index contributed by atoms with van der Waals surface area (Å²) in [7, 11) is 0. The third-order valence-corrected chi connectivity index (χ3v) is 4.46. The first-order valence-electron chi connectivity index (χ1n) is 8.24. The van der Waals surface area contributed by atoms with Crippen molar-refractivity contribution in [3.8, 4) is 5.75 Å². The Morgan fingerprint density at radius 1 is 0.963 bits per heavy atom. The van der Waals surface area contributed by atoms with Crippen LogP contribution in [0.3, 0.4) is 0 Å². The summed E-state index contributed by atoms with van der Waals surface area (Å²) in [6, 6.07) is 20.1. The number of rotatable bonds is 7. The minimum atomic E-state index is -1.04. The van der Waals surface area contributed by atoms with Crippen LogP contribution in [0.15, 0.2) is 66.7 Å². The first-order valence-corrected chi connectivity index (χ1v) is 9.00. The molecule has 4 nitrogen and oxygen atoms in total. The molecule has 6 heteroatoms. The first kappa shape index (κ1) is 19.1. The summed E-state index contributed by atoms with van der Waals surface area (Å²) in [6.45, 7) is 1.03. The minimum absolute atomic E-state index is 0.0865. The van der Waals surface area contributed by atoms with Crippen LogP contribution in [-0.4, -0.2) is 11.1 Å². The molecule has 0 atom stereocenters. The molecule has 0 amide bonds. The van der Waals surface area contributed by atoms with Gasteiger partial charge in [-0.25, -0.2) is 4.79 Å². The van der Waals surface area contributed by atoms with Crippen LogP contribution in [0.2, 0.25) is 10.0 Å². The van der Waals surface area contributed by atoms with Crippen molar-refractivity contribution in [2.24, 2.45) is 0 Å². The molecule has 0 aliphatic carbocycles. The lowest BCUT2D eigenvalue weighted by Gasteiger charge is -2.10. The van der Waals surface area contributed by atoms with Crippen LogP contribution in [0.1, 0.15) is 21.5 Å². The predicted molar refractivity (Wildman–Crippen MR) is 108 cm³/mol. The van der Waals surface area contributed by atoms with Gasteiger partial charge in [-0.3, -0.25) is 0 Å². The van der Waals surface area contributed by atoms with E-state index in [0.29, 0.717) is 18.2 Å². The summed E-state index contributed by atoms with van der Waals surface area (Å²) in [6.07, 6.45) is 0. The van der Waals surface area contributed by atoms with Crippen molar-refractivity contribution in [1.82, 2.24) is 0 Å². The standard InChI is InChI=1S/C21H17Cl2NO3/c22-16-3-1-2-15(10-16)13-27-18-7-4-14(5-8-18)12-24-17-6-9-19(21(25)26)20(23)11-17/h1-11,24H,12-13H2,(H,25,26). The summed E-state index contributed by atoms with van der Waals surface area (Å²) in [5.41, 5.74) is 2.91. The van der Waals surface area contributed by atoms with Gasteiger partial charge in [-0.2, -0.15) is 0 Å². The highest BCUT2D eigenvalue weighted by Gasteiger charge is 2.08. The molecule has 3 aromatic rings. The third kappa shape index (κ3) is 5.39. The molecule has 0 aliphatic rings. The average Bonchev–Trinajstić information content (AvgIpc) is 2.65. The summed E-state index contributed by atoms with van der Waals surface area (Å²) < 4.78 is 5.76. The lowest BCUT2D eigenvalue weighted by Crippen LogP contribution is -2.02. The summed E-state index contributed by atoms with van der Waals surface area (Å²) >= 11 is 11.9. The summed E-state index contributed by atoms with van der Waals surface area (Å²) in [5.74, 6) is -0.271. The zero-order chi connectivity index (χ0) is 19.2. The Labute approximate surface area is 167 Å². The van der Waals surface area contributed by atoms with Gasteiger partial charge >= 0.3 is 5.97 Å². The molecule has 0 radical (unpaired) electrons. The van der Waals surface area contributed by atoms with Gasteiger partial charge in [-0.1, -0.05) is 47.5 Å². The van der Waals surface area contributed by atoms with Crippen LogP contribution >= 0.6 is 23.2 Å². The Bertz CT molecular complexity index is 942. The molecule has 0 saturated carbocycles. The van der Waals surface area contributed by atoms with Gasteiger partial charge in [-0.05, 0) is 53.6 Å². The molecule has 0 saturated heterocycles. The van der Waals surface area contributed by atoms with Crippen LogP contribution in [0.25, 0.3) is 0 Å². The van der Waals surface area contributed by atoms with Gasteiger partial charge in [0, 0.05) is 17.3 Å². The number of hydrogen-bond acceptors (Lipinski definition) is 3. The van der Waals surface area contributed by atoms with E-state index in [1.165, 1.54) is 6.07 Å². The largest absolute Gasteiger partial charge is 0.489 e. The average molecular weight is 402 g/mol. The Morgan fingerprint density at radius 3 is 2.41 bits per heavy atom. The molecular formula is C21H17Cl2NO3. The number of nitrogens with one attached hydrogen (secondary N) is 1. The second-order valence-corrected chi connectivity index (χ2v) is 6.76. The summed E-state index contributed by atoms with van der Waals surface area (Å²) in [4.78, 5) is 11.0. The molecule has 2 N–H and O–H groups in total. The molecule has 27 heavy (non-hydrogen) atoms. The highest BCUT2D eigenvalue weighted by molar-refractivity contribution is 6.33. The van der Waals surface area contributed by atoms with Crippen molar-refractivity contribution in [1.29, 1.82) is 0 Å². The van der Waals surface area contributed by atoms with E-state index in [1.54, 1.807) is 12.1 Å². The molecular weight excluding hydrogens is 385 g/mol. The number of carboxylic acid groups (broad SMARTS) is 1. The van der Waals surface area contributed by atoms with Gasteiger partial charge in [-0.15, -0.1) is 0 Å². The van der Waals surface area contributed by atoms with Crippen LogP contribution in [0.4, 0.5) is 5.69 Å². The van der Waals surface area contributed by atoms with Crippen LogP contribution in [0, 0.1) is 0 Å². The Balaban J connectivity index is 1.54. The number of aromatic carboxylic acids is 1. The number of carboxylic acids is 1. The fourth-order valence-electron chi connectivity index (χ4n) is 2.50. The fourth-order valence-corrected chi connectivity index (χ4v) is 2.97. The van der Waals surface area contributed by atoms with E-state index in [9.17, 15) is 4.79 Å². The normalized spacial score (nSPS) is 10.4. The maximum absolute atomic E-state index is 11.0. The van der Waals surface area contributed by atoms with Gasteiger partial charge in [0.1, 0.15) is 12.4 Å². The number of ether oxygens (including phenoxy) is 1. The second kappa shape index (κ2) is 8.80. The molecule has 0 spiro atoms. The number of halogens is 2. The van der Waals surface area contributed by atoms with Gasteiger partial charge in [0.25, 0.3) is 0 Å². The van der Waals surface area contributed by atoms with Gasteiger partial charge in [0.15, 0.2) is 0 Å². The van der Waals surface area contributed by atoms with Crippen LogP contribution < -0.4 is 10.1 Å². The Kier molecular flexibility index (Phi) is 6.22. The highest BCUT2D eigenvalue weighted by atomic mass is 35.5. The molecule has 0 unspecified atom stereocenters. The smallest absolute Gasteiger partial charge is 0.337 e. The molecule has 0 bridgehead atoms. The van der Waals surface area contributed by atoms with E-state index < -0.39 is 5.97 Å². The topological polar surface area (TPSA) is 58.6 Å². The van der Waals surface area contributed by atoms with Gasteiger partial charge < -0.3 is 15.2 Å². The van der Waals surface area contributed by atoms with Crippen molar-refractivity contribution in [2.45, 2.75) is 13.2 Å². The SMILES string of the molecule is O=C(O)c1ccc(NCc2ccc(OCc3cccc(Cl)c3)cc2)cc1Cl. The molecule has 0 fully saturated rings. The van der Waals surface area contributed by atoms with Crippen molar-refractivity contribution in [3.05, 3.63) is 93.5 Å². The number of anilines is 1. The molecule has 0 heterocycles. The van der Waals surface area contributed by atoms with Crippen molar-refractivity contribution in [2.75, 3.05) is 5.32 Å². The van der Waals surface area contributed by atoms with E-state index in [2.05, 4.69) is 5.32 Å². The van der Waals surface area contributed by atoms with Crippen molar-refractivity contribution >= 4 is 34.9 Å². The highest BCUT2D eigenvalue weighted by Crippen LogP contribution is 2.22. The number of benzene rings is 3. The maximum Gasteiger partial charge on any atom is 0.337 e. The third-order valence-electron chi connectivity index (χ3n) is 3.91. The Hall–Kier alpha value is -2.69. The van der Waals surface area contributed by atoms with E-state index in [-0.39, 0.29) is 10.6 Å². The molecule has 0 aliphatic heterocycles. The lowest BCUT2D eigenvalue weighted by atomic mass is 10.2. The molecule has 3 aromatic carbocycles. The quantitative estimate of drug-likeness (QED) is 0.518.